The largest absolute Gasteiger partial charge is 0.465 e. The SMILES string of the molecule is COC(=O)c1c(F)c([N+](=O)[O-])cc(S(=O)(=O)Cl)c1F. The Morgan fingerprint density at radius 3 is 2.32 bits per heavy atom. The van der Waals surface area contributed by atoms with Crippen molar-refractivity contribution in [2.24, 2.45) is 0 Å². The highest BCUT2D eigenvalue weighted by Gasteiger charge is 2.33. The normalized spacial score (nSPS) is 11.2. The zero-order valence-electron chi connectivity index (χ0n) is 9.02. The number of ether oxygens (including phenoxy) is 1. The summed E-state index contributed by atoms with van der Waals surface area (Å²) >= 11 is 0. The first-order valence-electron chi connectivity index (χ1n) is 4.30. The zero-order chi connectivity index (χ0) is 15.0. The molecule has 1 aromatic carbocycles. The summed E-state index contributed by atoms with van der Waals surface area (Å²) in [6.45, 7) is 0. The maximum Gasteiger partial charge on any atom is 0.344 e. The molecule has 7 nitrogen and oxygen atoms in total. The Morgan fingerprint density at radius 2 is 1.95 bits per heavy atom. The summed E-state index contributed by atoms with van der Waals surface area (Å²) in [5, 5.41) is 10.5. The molecule has 0 radical (unpaired) electrons. The van der Waals surface area contributed by atoms with Crippen LogP contribution >= 0.6 is 10.7 Å². The number of benzene rings is 1. The number of hydrogen-bond acceptors (Lipinski definition) is 6. The number of rotatable bonds is 3. The standard InChI is InChI=1S/C8H4ClF2NO6S/c1-18-8(13)5-6(10)3(12(14)15)2-4(7(5)11)19(9,16)17/h2H,1H3. The molecule has 19 heavy (non-hydrogen) atoms. The highest BCUT2D eigenvalue weighted by Crippen LogP contribution is 2.31. The van der Waals surface area contributed by atoms with Crippen molar-refractivity contribution in [2.45, 2.75) is 4.90 Å². The van der Waals surface area contributed by atoms with E-state index in [2.05, 4.69) is 4.74 Å². The van der Waals surface area contributed by atoms with Gasteiger partial charge in [-0.2, -0.15) is 4.39 Å². The molecule has 1 rings (SSSR count). The lowest BCUT2D eigenvalue weighted by Crippen LogP contribution is -2.13. The van der Waals surface area contributed by atoms with Crippen molar-refractivity contribution in [1.29, 1.82) is 0 Å². The van der Waals surface area contributed by atoms with Crippen molar-refractivity contribution < 1.29 is 31.7 Å². The zero-order valence-corrected chi connectivity index (χ0v) is 10.6. The number of carbonyl (C=O) groups excluding carboxylic acids is 1. The second-order valence-corrected chi connectivity index (χ2v) is 5.62. The van der Waals surface area contributed by atoms with Crippen molar-refractivity contribution in [3.8, 4) is 0 Å². The Labute approximate surface area is 109 Å². The highest BCUT2D eigenvalue weighted by molar-refractivity contribution is 8.13. The van der Waals surface area contributed by atoms with E-state index in [1.807, 2.05) is 0 Å². The number of nitro benzene ring substituents is 1. The van der Waals surface area contributed by atoms with Crippen molar-refractivity contribution >= 4 is 31.4 Å². The number of nitro groups is 1. The quantitative estimate of drug-likeness (QED) is 0.363. The monoisotopic (exact) mass is 315 g/mol. The molecule has 0 saturated carbocycles. The molecule has 0 spiro atoms. The molecule has 1 aromatic rings. The van der Waals surface area contributed by atoms with Crippen LogP contribution in [0.25, 0.3) is 0 Å². The molecule has 0 aliphatic carbocycles. The van der Waals surface area contributed by atoms with Gasteiger partial charge in [0.25, 0.3) is 9.05 Å². The van der Waals surface area contributed by atoms with E-state index in [0.717, 1.165) is 7.11 Å². The second-order valence-electron chi connectivity index (χ2n) is 3.08. The molecular weight excluding hydrogens is 312 g/mol. The first-order chi connectivity index (χ1) is 8.61. The summed E-state index contributed by atoms with van der Waals surface area (Å²) in [5.41, 5.74) is -2.92. The highest BCUT2D eigenvalue weighted by atomic mass is 35.7. The van der Waals surface area contributed by atoms with Crippen LogP contribution in [0.5, 0.6) is 0 Å². The average molecular weight is 316 g/mol. The Morgan fingerprint density at radius 1 is 1.42 bits per heavy atom. The summed E-state index contributed by atoms with van der Waals surface area (Å²) in [5.74, 6) is -5.32. The number of nitrogens with zero attached hydrogens (tertiary/aromatic N) is 1. The first-order valence-corrected chi connectivity index (χ1v) is 6.61. The van der Waals surface area contributed by atoms with E-state index in [0.29, 0.717) is 0 Å². The van der Waals surface area contributed by atoms with Gasteiger partial charge in [-0.15, -0.1) is 0 Å². The van der Waals surface area contributed by atoms with Gasteiger partial charge in [0.15, 0.2) is 5.82 Å². The number of methoxy groups -OCH3 is 1. The Hall–Kier alpha value is -1.81. The molecule has 0 heterocycles. The van der Waals surface area contributed by atoms with Crippen molar-refractivity contribution in [3.63, 3.8) is 0 Å². The van der Waals surface area contributed by atoms with Gasteiger partial charge in [-0.1, -0.05) is 0 Å². The lowest BCUT2D eigenvalue weighted by Gasteiger charge is -2.06. The van der Waals surface area contributed by atoms with Crippen LogP contribution < -0.4 is 0 Å². The lowest BCUT2D eigenvalue weighted by molar-refractivity contribution is -0.387. The van der Waals surface area contributed by atoms with Gasteiger partial charge in [-0.25, -0.2) is 17.6 Å². The summed E-state index contributed by atoms with van der Waals surface area (Å²) in [6, 6.07) is 0.0828. The molecule has 0 unspecified atom stereocenters. The summed E-state index contributed by atoms with van der Waals surface area (Å²) in [7, 11) is 0.854. The van der Waals surface area contributed by atoms with Gasteiger partial charge >= 0.3 is 11.7 Å². The van der Waals surface area contributed by atoms with E-state index < -0.39 is 47.7 Å². The van der Waals surface area contributed by atoms with Crippen molar-refractivity contribution in [1.82, 2.24) is 0 Å². The summed E-state index contributed by atoms with van der Waals surface area (Å²) < 4.78 is 53.3. The molecule has 0 fully saturated rings. The van der Waals surface area contributed by atoms with Crippen LogP contribution in [-0.4, -0.2) is 26.4 Å². The predicted molar refractivity (Wildman–Crippen MR) is 57.4 cm³/mol. The van der Waals surface area contributed by atoms with E-state index in [9.17, 15) is 32.1 Å². The first kappa shape index (κ1) is 15.2. The molecule has 0 aliphatic rings. The molecule has 0 N–H and O–H groups in total. The van der Waals surface area contributed by atoms with Gasteiger partial charge in [0.1, 0.15) is 10.5 Å². The van der Waals surface area contributed by atoms with Gasteiger partial charge < -0.3 is 4.74 Å². The fourth-order valence-corrected chi connectivity index (χ4v) is 2.10. The molecule has 0 saturated heterocycles. The van der Waals surface area contributed by atoms with Crippen molar-refractivity contribution in [3.05, 3.63) is 33.4 Å². The maximum atomic E-state index is 13.7. The van der Waals surface area contributed by atoms with E-state index in [1.54, 1.807) is 0 Å². The third-order valence-electron chi connectivity index (χ3n) is 2.00. The number of esters is 1. The Bertz CT molecular complexity index is 674. The van der Waals surface area contributed by atoms with E-state index in [4.69, 9.17) is 10.7 Å². The predicted octanol–water partition coefficient (Wildman–Crippen LogP) is 1.59. The van der Waals surface area contributed by atoms with Gasteiger partial charge in [0.2, 0.25) is 5.82 Å². The number of carbonyl (C=O) groups is 1. The van der Waals surface area contributed by atoms with Crippen LogP contribution in [0.15, 0.2) is 11.0 Å². The van der Waals surface area contributed by atoms with E-state index in [-0.39, 0.29) is 6.07 Å². The molecule has 0 atom stereocenters. The average Bonchev–Trinajstić information content (AvgIpc) is 2.26. The fourth-order valence-electron chi connectivity index (χ4n) is 1.19. The molecule has 11 heteroatoms. The Balaban J connectivity index is 3.87. The minimum Gasteiger partial charge on any atom is -0.465 e. The number of halogens is 3. The third-order valence-corrected chi connectivity index (χ3v) is 3.32. The summed E-state index contributed by atoms with van der Waals surface area (Å²) in [4.78, 5) is 19.0. The van der Waals surface area contributed by atoms with E-state index in [1.165, 1.54) is 0 Å². The van der Waals surface area contributed by atoms with Crippen LogP contribution in [0.1, 0.15) is 10.4 Å². The third kappa shape index (κ3) is 2.79. The molecule has 104 valence electrons. The van der Waals surface area contributed by atoms with Gasteiger partial charge in [-0.05, 0) is 0 Å². The van der Waals surface area contributed by atoms with Crippen LogP contribution in [-0.2, 0) is 13.8 Å². The topological polar surface area (TPSA) is 104 Å². The minimum atomic E-state index is -4.75. The summed E-state index contributed by atoms with van der Waals surface area (Å²) in [6.07, 6.45) is 0. The molecule has 0 aliphatic heterocycles. The van der Waals surface area contributed by atoms with Crippen molar-refractivity contribution in [2.75, 3.05) is 7.11 Å². The maximum absolute atomic E-state index is 13.7. The Kier molecular flexibility index (Phi) is 4.06. The van der Waals surface area contributed by atoms with Gasteiger partial charge in [-0.3, -0.25) is 10.1 Å². The smallest absolute Gasteiger partial charge is 0.344 e. The van der Waals surface area contributed by atoms with Crippen LogP contribution in [0.3, 0.4) is 0 Å². The fraction of sp³-hybridized carbons (Fsp3) is 0.125. The second kappa shape index (κ2) is 5.05. The van der Waals surface area contributed by atoms with Gasteiger partial charge in [0.05, 0.1) is 12.0 Å². The van der Waals surface area contributed by atoms with Crippen LogP contribution in [0.4, 0.5) is 14.5 Å². The minimum absolute atomic E-state index is 0.0828. The van der Waals surface area contributed by atoms with E-state index >= 15 is 0 Å². The molecular formula is C8H4ClF2NO6S. The number of hydrogen-bond donors (Lipinski definition) is 0. The molecule has 0 aromatic heterocycles. The van der Waals surface area contributed by atoms with Crippen LogP contribution in [0.2, 0.25) is 0 Å². The lowest BCUT2D eigenvalue weighted by atomic mass is 10.1. The van der Waals surface area contributed by atoms with Crippen LogP contribution in [0, 0.1) is 21.7 Å². The molecule has 0 amide bonds. The molecule has 0 bridgehead atoms. The van der Waals surface area contributed by atoms with Gasteiger partial charge in [0, 0.05) is 16.7 Å².